The monoisotopic (exact) mass is 347 g/mol. The third-order valence-corrected chi connectivity index (χ3v) is 5.40. The highest BCUT2D eigenvalue weighted by molar-refractivity contribution is 5.34. The first-order chi connectivity index (χ1) is 11.3. The maximum atomic E-state index is 14.1. The van der Waals surface area contributed by atoms with Gasteiger partial charge < -0.3 is 9.84 Å². The molecule has 134 valence electrons. The van der Waals surface area contributed by atoms with Crippen LogP contribution in [0.3, 0.4) is 0 Å². The lowest BCUT2D eigenvalue weighted by molar-refractivity contribution is -0.0835. The van der Waals surface area contributed by atoms with Crippen molar-refractivity contribution in [3.05, 3.63) is 28.8 Å². The van der Waals surface area contributed by atoms with Crippen LogP contribution in [-0.4, -0.2) is 35.8 Å². The molecule has 2 fully saturated rings. The summed E-state index contributed by atoms with van der Waals surface area (Å²) in [7, 11) is 0.949. The predicted octanol–water partition coefficient (Wildman–Crippen LogP) is 3.23. The molecule has 3 rings (SSSR count). The number of rotatable bonds is 4. The minimum atomic E-state index is -1.52. The van der Waals surface area contributed by atoms with E-state index in [2.05, 4.69) is 4.74 Å². The molecule has 1 heterocycles. The summed E-state index contributed by atoms with van der Waals surface area (Å²) in [6, 6.07) is 0. The second-order valence-corrected chi connectivity index (χ2v) is 6.92. The Morgan fingerprint density at radius 1 is 1.12 bits per heavy atom. The van der Waals surface area contributed by atoms with Crippen LogP contribution in [0.25, 0.3) is 0 Å². The lowest BCUT2D eigenvalue weighted by Gasteiger charge is -2.43. The lowest BCUT2D eigenvalue weighted by Crippen LogP contribution is -2.52. The van der Waals surface area contributed by atoms with E-state index in [9.17, 15) is 22.7 Å². The smallest absolute Gasteiger partial charge is 0.204 e. The zero-order chi connectivity index (χ0) is 17.6. The molecule has 1 aliphatic heterocycles. The van der Waals surface area contributed by atoms with E-state index in [-0.39, 0.29) is 12.5 Å². The molecular weight excluding hydrogens is 326 g/mol. The van der Waals surface area contributed by atoms with Gasteiger partial charge in [0, 0.05) is 25.2 Å². The van der Waals surface area contributed by atoms with Gasteiger partial charge in [-0.05, 0) is 31.1 Å². The Morgan fingerprint density at radius 3 is 2.17 bits per heavy atom. The zero-order valence-electron chi connectivity index (χ0n) is 13.7. The Labute approximate surface area is 138 Å². The maximum Gasteiger partial charge on any atom is 0.204 e. The molecule has 24 heavy (non-hydrogen) atoms. The van der Waals surface area contributed by atoms with Crippen molar-refractivity contribution >= 4 is 0 Å². The van der Waals surface area contributed by atoms with Gasteiger partial charge in [-0.1, -0.05) is 6.92 Å². The largest absolute Gasteiger partial charge is 0.491 e. The molecule has 2 atom stereocenters. The number of hydrogen-bond acceptors (Lipinski definition) is 3. The van der Waals surface area contributed by atoms with E-state index in [0.717, 1.165) is 20.0 Å². The molecule has 3 nitrogen and oxygen atoms in total. The molecule has 1 saturated heterocycles. The first-order valence-electron chi connectivity index (χ1n) is 8.13. The molecule has 1 aliphatic carbocycles. The molecule has 7 heteroatoms. The molecule has 0 unspecified atom stereocenters. The summed E-state index contributed by atoms with van der Waals surface area (Å²) >= 11 is 0. The number of benzene rings is 1. The number of methoxy groups -OCH3 is 1. The van der Waals surface area contributed by atoms with Crippen LogP contribution in [-0.2, 0) is 6.54 Å². The van der Waals surface area contributed by atoms with Crippen LogP contribution in [0.2, 0.25) is 0 Å². The van der Waals surface area contributed by atoms with Crippen LogP contribution in [0.4, 0.5) is 17.6 Å². The average molecular weight is 347 g/mol. The molecule has 1 saturated carbocycles. The fourth-order valence-corrected chi connectivity index (χ4v) is 3.75. The van der Waals surface area contributed by atoms with Crippen molar-refractivity contribution in [3.63, 3.8) is 0 Å². The average Bonchev–Trinajstić information content (AvgIpc) is 3.39. The summed E-state index contributed by atoms with van der Waals surface area (Å²) in [5, 5.41) is 10.7. The molecule has 0 radical (unpaired) electrons. The minimum Gasteiger partial charge on any atom is -0.491 e. The van der Waals surface area contributed by atoms with E-state index in [1.807, 2.05) is 6.92 Å². The van der Waals surface area contributed by atoms with Crippen LogP contribution in [0.15, 0.2) is 0 Å². The van der Waals surface area contributed by atoms with Gasteiger partial charge in [0.25, 0.3) is 0 Å². The lowest BCUT2D eigenvalue weighted by atomic mass is 9.78. The van der Waals surface area contributed by atoms with E-state index < -0.39 is 40.2 Å². The third kappa shape index (κ3) is 2.77. The number of halogens is 4. The van der Waals surface area contributed by atoms with Gasteiger partial charge in [0.2, 0.25) is 11.6 Å². The van der Waals surface area contributed by atoms with E-state index >= 15 is 0 Å². The maximum absolute atomic E-state index is 14.1. The van der Waals surface area contributed by atoms with Gasteiger partial charge in [-0.25, -0.2) is 8.78 Å². The Balaban J connectivity index is 1.80. The van der Waals surface area contributed by atoms with Gasteiger partial charge in [-0.3, -0.25) is 4.90 Å². The van der Waals surface area contributed by atoms with Gasteiger partial charge in [-0.2, -0.15) is 8.78 Å². The molecule has 0 bridgehead atoms. The van der Waals surface area contributed by atoms with Crippen molar-refractivity contribution in [1.82, 2.24) is 4.90 Å². The molecule has 2 aliphatic rings. The summed E-state index contributed by atoms with van der Waals surface area (Å²) in [4.78, 5) is 1.72. The summed E-state index contributed by atoms with van der Waals surface area (Å²) in [5.74, 6) is -6.74. The molecule has 1 aromatic carbocycles. The first kappa shape index (κ1) is 17.5. The van der Waals surface area contributed by atoms with Crippen molar-refractivity contribution in [1.29, 1.82) is 0 Å². The van der Waals surface area contributed by atoms with E-state index in [1.165, 1.54) is 0 Å². The van der Waals surface area contributed by atoms with Crippen molar-refractivity contribution < 1.29 is 27.4 Å². The summed E-state index contributed by atoms with van der Waals surface area (Å²) < 4.78 is 60.2. The second kappa shape index (κ2) is 6.19. The number of hydrogen-bond donors (Lipinski definition) is 1. The summed E-state index contributed by atoms with van der Waals surface area (Å²) in [6.45, 7) is 2.49. The van der Waals surface area contributed by atoms with Gasteiger partial charge >= 0.3 is 0 Å². The van der Waals surface area contributed by atoms with Crippen LogP contribution < -0.4 is 4.74 Å². The van der Waals surface area contributed by atoms with Gasteiger partial charge in [0.05, 0.1) is 12.7 Å². The molecule has 1 N–H and O–H groups in total. The number of likely N-dealkylation sites (tertiary alicyclic amines) is 1. The Kier molecular flexibility index (Phi) is 4.51. The SMILES string of the molecule is COc1c(F)c(F)c(CN2CC[C@@](O)(C3CC3)[C@H](C)C2)c(F)c1F. The van der Waals surface area contributed by atoms with Crippen LogP contribution >= 0.6 is 0 Å². The second-order valence-electron chi connectivity index (χ2n) is 6.92. The zero-order valence-corrected chi connectivity index (χ0v) is 13.7. The number of piperidine rings is 1. The van der Waals surface area contributed by atoms with E-state index in [0.29, 0.717) is 25.4 Å². The molecule has 1 aromatic rings. The first-order valence-corrected chi connectivity index (χ1v) is 8.13. The fourth-order valence-electron chi connectivity index (χ4n) is 3.75. The van der Waals surface area contributed by atoms with Crippen molar-refractivity contribution in [3.8, 4) is 5.75 Å². The van der Waals surface area contributed by atoms with Crippen LogP contribution in [0.5, 0.6) is 5.75 Å². The number of nitrogens with zero attached hydrogens (tertiary/aromatic N) is 1. The highest BCUT2D eigenvalue weighted by Gasteiger charge is 2.49. The van der Waals surface area contributed by atoms with Gasteiger partial charge in [-0.15, -0.1) is 0 Å². The molecular formula is C17H21F4NO2. The summed E-state index contributed by atoms with van der Waals surface area (Å²) in [6.07, 6.45) is 2.49. The quantitative estimate of drug-likeness (QED) is 0.670. The fraction of sp³-hybridized carbons (Fsp3) is 0.647. The normalized spacial score (nSPS) is 28.2. The van der Waals surface area contributed by atoms with Crippen LogP contribution in [0.1, 0.15) is 31.7 Å². The number of aliphatic hydroxyl groups is 1. The highest BCUT2D eigenvalue weighted by atomic mass is 19.2. The molecule has 0 aromatic heterocycles. The minimum absolute atomic E-state index is 0.0715. The van der Waals surface area contributed by atoms with Crippen molar-refractivity contribution in [2.45, 2.75) is 38.3 Å². The summed E-state index contributed by atoms with van der Waals surface area (Å²) in [5.41, 5.74) is -1.39. The van der Waals surface area contributed by atoms with Crippen molar-refractivity contribution in [2.75, 3.05) is 20.2 Å². The van der Waals surface area contributed by atoms with Crippen molar-refractivity contribution in [2.24, 2.45) is 11.8 Å². The molecule has 0 spiro atoms. The third-order valence-electron chi connectivity index (χ3n) is 5.40. The Morgan fingerprint density at radius 2 is 1.71 bits per heavy atom. The topological polar surface area (TPSA) is 32.7 Å². The van der Waals surface area contributed by atoms with Gasteiger partial charge in [0.1, 0.15) is 0 Å². The van der Waals surface area contributed by atoms with Crippen LogP contribution in [0, 0.1) is 35.1 Å². The predicted molar refractivity (Wildman–Crippen MR) is 79.6 cm³/mol. The van der Waals surface area contributed by atoms with E-state index in [4.69, 9.17) is 0 Å². The van der Waals surface area contributed by atoms with Gasteiger partial charge in [0.15, 0.2) is 17.4 Å². The van der Waals surface area contributed by atoms with E-state index in [1.54, 1.807) is 4.90 Å². The Bertz CT molecular complexity index is 621. The Hall–Kier alpha value is -1.34. The standard InChI is InChI=1S/C17H21F4NO2/c1-9-7-22(6-5-17(9,23)10-3-4-10)8-11-12(18)14(20)16(24-2)15(21)13(11)19/h9-10,23H,3-8H2,1-2H3/t9-,17+/m1/s1. The number of ether oxygens (including phenoxy) is 1. The highest BCUT2D eigenvalue weighted by Crippen LogP contribution is 2.47. The molecule has 0 amide bonds.